The molecular formula is C19H18N2O3. The van der Waals surface area contributed by atoms with Gasteiger partial charge in [0.25, 0.3) is 5.91 Å². The van der Waals surface area contributed by atoms with E-state index in [4.69, 9.17) is 9.15 Å². The van der Waals surface area contributed by atoms with Crippen LogP contribution in [0.2, 0.25) is 0 Å². The van der Waals surface area contributed by atoms with Crippen molar-refractivity contribution in [3.8, 4) is 17.1 Å². The van der Waals surface area contributed by atoms with Gasteiger partial charge in [-0.1, -0.05) is 24.3 Å². The van der Waals surface area contributed by atoms with Gasteiger partial charge in [-0.3, -0.25) is 4.79 Å². The number of amides is 1. The third-order valence-electron chi connectivity index (χ3n) is 3.97. The van der Waals surface area contributed by atoms with Gasteiger partial charge >= 0.3 is 0 Å². The molecule has 0 unspecified atom stereocenters. The molecule has 0 saturated carbocycles. The average molecular weight is 322 g/mol. The average Bonchev–Trinajstić information content (AvgIpc) is 3.09. The molecule has 0 aliphatic carbocycles. The first kappa shape index (κ1) is 15.8. The zero-order chi connectivity index (χ0) is 17.1. The van der Waals surface area contributed by atoms with Crippen molar-refractivity contribution < 1.29 is 13.9 Å². The van der Waals surface area contributed by atoms with Crippen molar-refractivity contribution in [2.24, 2.45) is 0 Å². The summed E-state index contributed by atoms with van der Waals surface area (Å²) in [7, 11) is 1.59. The molecule has 0 aliphatic rings. The van der Waals surface area contributed by atoms with Crippen molar-refractivity contribution >= 4 is 11.6 Å². The highest BCUT2D eigenvalue weighted by atomic mass is 16.5. The van der Waals surface area contributed by atoms with Gasteiger partial charge < -0.3 is 14.5 Å². The van der Waals surface area contributed by atoms with Crippen LogP contribution in [0.15, 0.2) is 53.3 Å². The first-order chi connectivity index (χ1) is 11.6. The highest BCUT2D eigenvalue weighted by Crippen LogP contribution is 2.27. The van der Waals surface area contributed by atoms with Crippen LogP contribution in [0.25, 0.3) is 11.3 Å². The molecule has 0 aliphatic heterocycles. The number of aryl methyl sites for hydroxylation is 1. The number of aromatic nitrogens is 1. The van der Waals surface area contributed by atoms with Crippen LogP contribution in [0.3, 0.4) is 0 Å². The van der Waals surface area contributed by atoms with E-state index in [2.05, 4.69) is 10.3 Å². The molecule has 1 N–H and O–H groups in total. The number of nitrogens with zero attached hydrogens (tertiary/aromatic N) is 1. The number of hydrogen-bond acceptors (Lipinski definition) is 4. The number of hydrogen-bond donors (Lipinski definition) is 1. The van der Waals surface area contributed by atoms with Gasteiger partial charge in [0.2, 0.25) is 0 Å². The van der Waals surface area contributed by atoms with Crippen LogP contribution in [0.5, 0.6) is 5.75 Å². The number of oxazole rings is 1. The monoisotopic (exact) mass is 322 g/mol. The quantitative estimate of drug-likeness (QED) is 0.781. The lowest BCUT2D eigenvalue weighted by atomic mass is 10.1. The van der Waals surface area contributed by atoms with Crippen molar-refractivity contribution in [3.63, 3.8) is 0 Å². The lowest BCUT2D eigenvalue weighted by Gasteiger charge is -2.10. The summed E-state index contributed by atoms with van der Waals surface area (Å²) in [5.74, 6) is 0.789. The maximum absolute atomic E-state index is 12.6. The van der Waals surface area contributed by atoms with Crippen molar-refractivity contribution in [3.05, 3.63) is 65.7 Å². The fourth-order valence-corrected chi connectivity index (χ4v) is 2.45. The molecule has 5 nitrogen and oxygen atoms in total. The van der Waals surface area contributed by atoms with E-state index in [0.717, 1.165) is 22.4 Å². The number of benzene rings is 2. The summed E-state index contributed by atoms with van der Waals surface area (Å²) < 4.78 is 10.7. The Morgan fingerprint density at radius 2 is 1.96 bits per heavy atom. The van der Waals surface area contributed by atoms with E-state index >= 15 is 0 Å². The van der Waals surface area contributed by atoms with Gasteiger partial charge in [0.15, 0.2) is 17.8 Å². The van der Waals surface area contributed by atoms with Crippen LogP contribution in [0, 0.1) is 13.8 Å². The predicted octanol–water partition coefficient (Wildman–Crippen LogP) is 4.22. The molecule has 3 rings (SSSR count). The number of nitrogens with one attached hydrogen (secondary N) is 1. The maximum atomic E-state index is 12.6. The van der Waals surface area contributed by atoms with Crippen LogP contribution in [0.1, 0.15) is 21.6 Å². The number of carbonyl (C=O) groups is 1. The molecule has 0 radical (unpaired) electrons. The SMILES string of the molecule is COc1cccc(-c2ocnc2C(=O)Nc2cccc(C)c2C)c1. The molecule has 1 aromatic heterocycles. The number of ether oxygens (including phenoxy) is 1. The zero-order valence-electron chi connectivity index (χ0n) is 13.8. The predicted molar refractivity (Wildman–Crippen MR) is 92.4 cm³/mol. The van der Waals surface area contributed by atoms with Gasteiger partial charge in [-0.05, 0) is 43.2 Å². The standard InChI is InChI=1S/C19H18N2O3/c1-12-6-4-9-16(13(12)2)21-19(22)17-18(24-11-20-17)14-7-5-8-15(10-14)23-3/h4-11H,1-3H3,(H,21,22). The van der Waals surface area contributed by atoms with Gasteiger partial charge in [-0.25, -0.2) is 4.98 Å². The van der Waals surface area contributed by atoms with Gasteiger partial charge in [-0.15, -0.1) is 0 Å². The highest BCUT2D eigenvalue weighted by Gasteiger charge is 2.19. The summed E-state index contributed by atoms with van der Waals surface area (Å²) in [5.41, 5.74) is 3.87. The highest BCUT2D eigenvalue weighted by molar-refractivity contribution is 6.06. The van der Waals surface area contributed by atoms with Crippen LogP contribution in [0.4, 0.5) is 5.69 Å². The van der Waals surface area contributed by atoms with Crippen molar-refractivity contribution in [2.75, 3.05) is 12.4 Å². The van der Waals surface area contributed by atoms with E-state index in [1.54, 1.807) is 13.2 Å². The van der Waals surface area contributed by atoms with E-state index in [0.29, 0.717) is 11.5 Å². The molecule has 0 saturated heterocycles. The molecule has 1 amide bonds. The summed E-state index contributed by atoms with van der Waals surface area (Å²) in [6, 6.07) is 13.1. The number of methoxy groups -OCH3 is 1. The molecule has 0 atom stereocenters. The van der Waals surface area contributed by atoms with Gasteiger partial charge in [0.1, 0.15) is 5.75 Å². The molecule has 3 aromatic rings. The molecule has 1 heterocycles. The zero-order valence-corrected chi connectivity index (χ0v) is 13.8. The van der Waals surface area contributed by atoms with E-state index in [9.17, 15) is 4.79 Å². The first-order valence-corrected chi connectivity index (χ1v) is 7.55. The van der Waals surface area contributed by atoms with Gasteiger partial charge in [0.05, 0.1) is 7.11 Å². The molecule has 5 heteroatoms. The minimum Gasteiger partial charge on any atom is -0.497 e. The molecular weight excluding hydrogens is 304 g/mol. The van der Waals surface area contributed by atoms with Crippen LogP contribution >= 0.6 is 0 Å². The van der Waals surface area contributed by atoms with Crippen LogP contribution in [-0.4, -0.2) is 18.0 Å². The van der Waals surface area contributed by atoms with Gasteiger partial charge in [-0.2, -0.15) is 0 Å². The molecule has 0 bridgehead atoms. The summed E-state index contributed by atoms with van der Waals surface area (Å²) >= 11 is 0. The Labute approximate surface area is 140 Å². The van der Waals surface area contributed by atoms with Crippen LogP contribution < -0.4 is 10.1 Å². The van der Waals surface area contributed by atoms with E-state index in [1.165, 1.54) is 6.39 Å². The second-order valence-electron chi connectivity index (χ2n) is 5.46. The fourth-order valence-electron chi connectivity index (χ4n) is 2.45. The van der Waals surface area contributed by atoms with Crippen molar-refractivity contribution in [2.45, 2.75) is 13.8 Å². The Kier molecular flexibility index (Phi) is 4.33. The Balaban J connectivity index is 1.92. The summed E-state index contributed by atoms with van der Waals surface area (Å²) in [6.07, 6.45) is 1.27. The second kappa shape index (κ2) is 6.58. The van der Waals surface area contributed by atoms with Gasteiger partial charge in [0, 0.05) is 11.3 Å². The number of rotatable bonds is 4. The van der Waals surface area contributed by atoms with E-state index in [-0.39, 0.29) is 11.6 Å². The lowest BCUT2D eigenvalue weighted by molar-refractivity contribution is 0.102. The van der Waals surface area contributed by atoms with Crippen molar-refractivity contribution in [1.29, 1.82) is 0 Å². The van der Waals surface area contributed by atoms with Crippen molar-refractivity contribution in [1.82, 2.24) is 4.98 Å². The summed E-state index contributed by atoms with van der Waals surface area (Å²) in [6.45, 7) is 3.97. The lowest BCUT2D eigenvalue weighted by Crippen LogP contribution is -2.14. The third kappa shape index (κ3) is 3.01. The summed E-state index contributed by atoms with van der Waals surface area (Å²) in [5, 5.41) is 2.90. The minimum absolute atomic E-state index is 0.240. The van der Waals surface area contributed by atoms with E-state index in [1.807, 2.05) is 50.2 Å². The largest absolute Gasteiger partial charge is 0.497 e. The smallest absolute Gasteiger partial charge is 0.278 e. The molecule has 24 heavy (non-hydrogen) atoms. The Hall–Kier alpha value is -3.08. The topological polar surface area (TPSA) is 64.4 Å². The Bertz CT molecular complexity index is 884. The first-order valence-electron chi connectivity index (χ1n) is 7.55. The minimum atomic E-state index is -0.310. The van der Waals surface area contributed by atoms with E-state index < -0.39 is 0 Å². The number of anilines is 1. The number of carbonyl (C=O) groups excluding carboxylic acids is 1. The molecule has 122 valence electrons. The normalized spacial score (nSPS) is 10.5. The molecule has 2 aromatic carbocycles. The fraction of sp³-hybridized carbons (Fsp3) is 0.158. The Morgan fingerprint density at radius 1 is 1.17 bits per heavy atom. The summed E-state index contributed by atoms with van der Waals surface area (Å²) in [4.78, 5) is 16.7. The van der Waals surface area contributed by atoms with Crippen LogP contribution in [-0.2, 0) is 0 Å². The second-order valence-corrected chi connectivity index (χ2v) is 5.46. The maximum Gasteiger partial charge on any atom is 0.278 e. The third-order valence-corrected chi connectivity index (χ3v) is 3.97. The Morgan fingerprint density at radius 3 is 2.75 bits per heavy atom. The molecule has 0 spiro atoms. The molecule has 0 fully saturated rings.